The topological polar surface area (TPSA) is 0 Å². The largest absolute Gasteiger partial charge is 0.417 e. The number of benzene rings is 11. The molecular formula is C94H76F44. The molecule has 0 aliphatic carbocycles. The number of hydrogen-bond acceptors (Lipinski definition) is 0. The summed E-state index contributed by atoms with van der Waals surface area (Å²) in [6.45, 7) is 17.7. The first kappa shape index (κ1) is 117. The van der Waals surface area contributed by atoms with Crippen LogP contribution in [0.3, 0.4) is 0 Å². The van der Waals surface area contributed by atoms with Crippen LogP contribution < -0.4 is 0 Å². The Morgan fingerprint density at radius 2 is 0.464 bits per heavy atom. The Labute approximate surface area is 763 Å². The highest BCUT2D eigenvalue weighted by atomic mass is 19.5. The summed E-state index contributed by atoms with van der Waals surface area (Å²) in [7, 11) is 0. The van der Waals surface area contributed by atoms with E-state index in [9.17, 15) is 193 Å². The molecule has 0 unspecified atom stereocenters. The number of aryl methyl sites for hydroxylation is 8. The maximum atomic E-state index is 13.3. The fraction of sp³-hybridized carbons (Fsp3) is 0.298. The average molecular weight is 2040 g/mol. The Balaban J connectivity index is 0.000000539. The molecule has 0 aliphatic heterocycles. The van der Waals surface area contributed by atoms with Crippen molar-refractivity contribution in [2.45, 2.75) is 185 Å². The van der Waals surface area contributed by atoms with Gasteiger partial charge in [-0.25, -0.2) is 35.1 Å². The van der Waals surface area contributed by atoms with E-state index in [1.165, 1.54) is 56.2 Å². The third-order valence-corrected chi connectivity index (χ3v) is 19.0. The van der Waals surface area contributed by atoms with Crippen molar-refractivity contribution in [2.24, 2.45) is 0 Å². The van der Waals surface area contributed by atoms with Crippen LogP contribution in [-0.2, 0) is 74.1 Å². The van der Waals surface area contributed by atoms with E-state index in [2.05, 4.69) is 0 Å². The van der Waals surface area contributed by atoms with E-state index in [1.54, 1.807) is 57.2 Å². The van der Waals surface area contributed by atoms with Gasteiger partial charge >= 0.3 is 74.1 Å². The van der Waals surface area contributed by atoms with Crippen LogP contribution in [-0.4, -0.2) is 0 Å². The molecule has 0 radical (unpaired) electrons. The van der Waals surface area contributed by atoms with Gasteiger partial charge in [-0.05, 0) is 291 Å². The van der Waals surface area contributed by atoms with Gasteiger partial charge in [0.25, 0.3) is 0 Å². The van der Waals surface area contributed by atoms with E-state index >= 15 is 0 Å². The highest BCUT2D eigenvalue weighted by Gasteiger charge is 2.57. The molecule has 760 valence electrons. The van der Waals surface area contributed by atoms with Crippen molar-refractivity contribution in [2.75, 3.05) is 0 Å². The van der Waals surface area contributed by atoms with E-state index in [0.717, 1.165) is 64.1 Å². The second-order valence-corrected chi connectivity index (χ2v) is 29.6. The minimum Gasteiger partial charge on any atom is -0.207 e. The number of hydrogen-bond donors (Lipinski definition) is 0. The quantitative estimate of drug-likeness (QED) is 0.144. The highest BCUT2D eigenvalue weighted by molar-refractivity contribution is 5.64. The first-order valence-electron chi connectivity index (χ1n) is 39.5. The molecular weight excluding hydrogens is 1960 g/mol. The van der Waals surface area contributed by atoms with Crippen LogP contribution >= 0.6 is 0 Å². The van der Waals surface area contributed by atoms with Crippen molar-refractivity contribution in [3.05, 3.63) is 372 Å². The second kappa shape index (κ2) is 47.3. The summed E-state index contributed by atoms with van der Waals surface area (Å²) < 4.78 is 572. The Morgan fingerprint density at radius 3 is 0.761 bits per heavy atom. The van der Waals surface area contributed by atoms with E-state index in [0.29, 0.717) is 54.4 Å². The molecule has 0 saturated heterocycles. The summed E-state index contributed by atoms with van der Waals surface area (Å²) in [5, 5.41) is 0. The van der Waals surface area contributed by atoms with E-state index < -0.39 is 199 Å². The van der Waals surface area contributed by atoms with Gasteiger partial charge in [0.1, 0.15) is 46.5 Å². The molecule has 0 aromatic heterocycles. The van der Waals surface area contributed by atoms with Crippen molar-refractivity contribution >= 4 is 0 Å². The number of rotatable bonds is 1. The molecule has 0 amide bonds. The van der Waals surface area contributed by atoms with Gasteiger partial charge in [0.2, 0.25) is 0 Å². The molecule has 0 nitrogen and oxygen atoms in total. The summed E-state index contributed by atoms with van der Waals surface area (Å²) in [6, 6.07) is 33.2. The molecule has 11 aromatic rings. The summed E-state index contributed by atoms with van der Waals surface area (Å²) in [6.07, 6.45) is -64.8. The molecule has 0 N–H and O–H groups in total. The van der Waals surface area contributed by atoms with Gasteiger partial charge in [0, 0.05) is 27.4 Å². The Hall–Kier alpha value is -11.7. The van der Waals surface area contributed by atoms with Crippen molar-refractivity contribution in [1.29, 1.82) is 0 Å². The molecule has 0 bridgehead atoms. The maximum Gasteiger partial charge on any atom is 0.417 e. The summed E-state index contributed by atoms with van der Waals surface area (Å²) in [4.78, 5) is 0. The van der Waals surface area contributed by atoms with Crippen molar-refractivity contribution in [1.82, 2.24) is 0 Å². The first-order valence-corrected chi connectivity index (χ1v) is 38.0. The average Bonchev–Trinajstić information content (AvgIpc) is 0.705. The predicted octanol–water partition coefficient (Wildman–Crippen LogP) is 36.8. The van der Waals surface area contributed by atoms with Gasteiger partial charge in [0.05, 0.1) is 66.8 Å². The van der Waals surface area contributed by atoms with Gasteiger partial charge in [0.15, 0.2) is 0 Å². The minimum atomic E-state index is -6.59. The second-order valence-electron chi connectivity index (χ2n) is 29.6. The van der Waals surface area contributed by atoms with Crippen LogP contribution in [0.25, 0.3) is 11.1 Å². The van der Waals surface area contributed by atoms with Gasteiger partial charge in [-0.3, -0.25) is 0 Å². The van der Waals surface area contributed by atoms with Crippen LogP contribution in [0.1, 0.15) is 160 Å². The molecule has 0 heterocycles. The van der Waals surface area contributed by atoms with Gasteiger partial charge in [-0.1, -0.05) is 66.2 Å². The van der Waals surface area contributed by atoms with Crippen LogP contribution in [0.4, 0.5) is 193 Å². The lowest BCUT2D eigenvalue weighted by atomic mass is 9.86. The molecule has 11 rings (SSSR count). The molecule has 0 aliphatic rings. The SMILES string of the molecule is Cc1c(C(F)(F)F)cc(C(F)(F)F)cc1C(F)(F)F.Cc1c(C(F)(F)F)cccc1C(F)(F)F.Cc1c(F)cc(F)cc1F.Cc1cc(C(F)(F)F)cc(C(F)(F)F)c1.Cc1cc(F)c(C)c(F)c1.Cc1cc(F)cc(C)c1C.Cc1cc(F)cc(C)c1C.Cc1ccc(-c2ccccc2)cc1F.Cc1ccc(C(F)(F)F)cc1.[2H]C([2H])([2H])c1c(C)c(C(F)(F)F)c(C(F)(F)F)c(C(F)(F)F)c1C(F)(F)F. The maximum absolute atomic E-state index is 13.3. The smallest absolute Gasteiger partial charge is 0.207 e. The van der Waals surface area contributed by atoms with Crippen molar-refractivity contribution in [3.63, 3.8) is 0 Å². The molecule has 138 heavy (non-hydrogen) atoms. The lowest BCUT2D eigenvalue weighted by Crippen LogP contribution is -2.29. The first-order chi connectivity index (χ1) is 63.2. The molecule has 0 spiro atoms. The van der Waals surface area contributed by atoms with Crippen LogP contribution in [0.15, 0.2) is 170 Å². The van der Waals surface area contributed by atoms with Crippen LogP contribution in [0, 0.1) is 157 Å². The number of alkyl halides is 36. The zero-order valence-electron chi connectivity index (χ0n) is 76.3. The van der Waals surface area contributed by atoms with Gasteiger partial charge < -0.3 is 0 Å². The fourth-order valence-electron chi connectivity index (χ4n) is 11.4. The molecule has 0 saturated carbocycles. The Bertz CT molecular complexity index is 5540. The normalized spacial score (nSPS) is 12.5. The third kappa shape index (κ3) is 37.3. The van der Waals surface area contributed by atoms with E-state index in [-0.39, 0.29) is 59.3 Å². The molecule has 44 heteroatoms. The van der Waals surface area contributed by atoms with Crippen molar-refractivity contribution in [3.8, 4) is 11.1 Å². The molecule has 0 atom stereocenters. The summed E-state index contributed by atoms with van der Waals surface area (Å²) >= 11 is 0. The van der Waals surface area contributed by atoms with Crippen molar-refractivity contribution < 1.29 is 197 Å². The number of halogens is 44. The minimum absolute atomic E-state index is 0.0604. The van der Waals surface area contributed by atoms with E-state index in [1.807, 2.05) is 77.9 Å². The Morgan fingerprint density at radius 1 is 0.174 bits per heavy atom. The monoisotopic (exact) mass is 2040 g/mol. The summed E-state index contributed by atoms with van der Waals surface area (Å²) in [5.74, 6) is -3.96. The third-order valence-electron chi connectivity index (χ3n) is 19.0. The fourth-order valence-corrected chi connectivity index (χ4v) is 11.4. The Kier molecular flexibility index (Phi) is 40.1. The predicted molar refractivity (Wildman–Crippen MR) is 425 cm³/mol. The highest BCUT2D eigenvalue weighted by Crippen LogP contribution is 2.54. The lowest BCUT2D eigenvalue weighted by Gasteiger charge is -2.28. The van der Waals surface area contributed by atoms with Crippen LogP contribution in [0.2, 0.25) is 0 Å². The summed E-state index contributed by atoms with van der Waals surface area (Å²) in [5.41, 5.74) is -21.7. The standard InChI is InChI=1S/C13H11F.C12H6F12.C10H5F9.2C9H6F6.2C9H11F.C8H7F3.C8H8F2.C7H5F3/c1-10-7-8-12(9-13(10)14)11-5-3-2-4-6-11;1-3-4(2)6(10(16,17)18)8(12(22,23)24)7(11(19,20)21)5(3)9(13,14)15;1-4-6(9(14,15)16)2-5(8(11,12)13)3-7(4)10(17,18)19;1-5-2-6(8(10,11)12)4-7(3-5)9(13,14)15;1-5-6(8(10,11)12)3-2-4-7(5)9(13,14)15;2*1-6-4-9(10)5-7(2)8(6)3;1-6-2-4-7(5-3-6)8(9,10)11;1-5-3-7(9)6(2)8(10)4-5;1-4-6(9)2-5(8)3-7(4)10/h2-9H,1H3;1-2H3;2-3H,1H3;2*2-4H,1H3;2*4-5H,1-3H3;2-5H,1H3;3-4H,1-2H3;2-3H,1H3/i;1D3;;;;;;;;. The molecule has 0 fully saturated rings. The zero-order chi connectivity index (χ0) is 110. The van der Waals surface area contributed by atoms with E-state index in [4.69, 9.17) is 4.11 Å². The van der Waals surface area contributed by atoms with Gasteiger partial charge in [-0.2, -0.15) is 158 Å². The lowest BCUT2D eigenvalue weighted by molar-refractivity contribution is -0.183. The van der Waals surface area contributed by atoms with Gasteiger partial charge in [-0.15, -0.1) is 0 Å². The zero-order valence-corrected chi connectivity index (χ0v) is 73.3. The molecule has 11 aromatic carbocycles. The van der Waals surface area contributed by atoms with Crippen LogP contribution in [0.5, 0.6) is 0 Å².